The average Bonchev–Trinajstić information content (AvgIpc) is 2.94. The molecular formula is C15H18F10N2S. The van der Waals surface area contributed by atoms with Gasteiger partial charge in [-0.2, -0.15) is 43.9 Å². The van der Waals surface area contributed by atoms with E-state index in [9.17, 15) is 43.9 Å². The molecule has 0 saturated heterocycles. The Hall–Kier alpha value is -1.14. The molecule has 1 heterocycles. The first-order chi connectivity index (χ1) is 12.6. The van der Waals surface area contributed by atoms with Crippen LogP contribution in [0.15, 0.2) is 16.5 Å². The summed E-state index contributed by atoms with van der Waals surface area (Å²) in [4.78, 5) is 3.94. The van der Waals surface area contributed by atoms with E-state index in [1.807, 2.05) is 0 Å². The van der Waals surface area contributed by atoms with Crippen LogP contribution < -0.4 is 0 Å². The lowest BCUT2D eigenvalue weighted by Crippen LogP contribution is -2.55. The molecule has 0 saturated carbocycles. The van der Waals surface area contributed by atoms with Crippen LogP contribution in [0.25, 0.3) is 0 Å². The van der Waals surface area contributed by atoms with E-state index >= 15 is 0 Å². The lowest BCUT2D eigenvalue weighted by atomic mass is 10.0. The molecule has 1 aliphatic heterocycles. The van der Waals surface area contributed by atoms with Crippen molar-refractivity contribution in [2.45, 2.75) is 62.8 Å². The van der Waals surface area contributed by atoms with Crippen LogP contribution >= 0.6 is 11.8 Å². The molecule has 0 aromatic carbocycles. The third-order valence-corrected chi connectivity index (χ3v) is 5.37. The molecule has 0 aromatic rings. The summed E-state index contributed by atoms with van der Waals surface area (Å²) in [5.74, 6) is -3.50. The van der Waals surface area contributed by atoms with Crippen molar-refractivity contribution in [2.24, 2.45) is 4.99 Å². The minimum Gasteiger partial charge on any atom is -0.351 e. The van der Waals surface area contributed by atoms with E-state index in [-0.39, 0.29) is 13.1 Å². The number of aliphatic imine (C=N–C) groups is 1. The zero-order valence-electron chi connectivity index (χ0n) is 14.8. The van der Waals surface area contributed by atoms with E-state index in [4.69, 9.17) is 0 Å². The molecule has 1 aliphatic rings. The van der Waals surface area contributed by atoms with Gasteiger partial charge in [0.05, 0.1) is 0 Å². The van der Waals surface area contributed by atoms with Crippen LogP contribution in [0.1, 0.15) is 39.5 Å². The summed E-state index contributed by atoms with van der Waals surface area (Å²) < 4.78 is 127. The lowest BCUT2D eigenvalue weighted by Gasteiger charge is -2.34. The number of rotatable bonds is 6. The summed E-state index contributed by atoms with van der Waals surface area (Å²) >= 11 is -0.938. The van der Waals surface area contributed by atoms with Gasteiger partial charge in [-0.1, -0.05) is 38.5 Å². The normalized spacial score (nSPS) is 19.6. The average molecular weight is 448 g/mol. The van der Waals surface area contributed by atoms with E-state index in [1.54, 1.807) is 13.8 Å². The molecule has 0 aliphatic carbocycles. The lowest BCUT2D eigenvalue weighted by molar-refractivity contribution is -0.253. The van der Waals surface area contributed by atoms with Gasteiger partial charge in [0, 0.05) is 13.1 Å². The summed E-state index contributed by atoms with van der Waals surface area (Å²) in [7, 11) is 0. The molecule has 28 heavy (non-hydrogen) atoms. The van der Waals surface area contributed by atoms with Crippen molar-refractivity contribution in [3.05, 3.63) is 11.5 Å². The monoisotopic (exact) mass is 448 g/mol. The van der Waals surface area contributed by atoms with E-state index < -0.39 is 51.7 Å². The molecule has 1 rings (SSSR count). The first kappa shape index (κ1) is 24.9. The highest BCUT2D eigenvalue weighted by Gasteiger charge is 2.78. The zero-order valence-corrected chi connectivity index (χ0v) is 15.6. The zero-order chi connectivity index (χ0) is 22.0. The summed E-state index contributed by atoms with van der Waals surface area (Å²) in [5.41, 5.74) is -2.71. The van der Waals surface area contributed by atoms with Gasteiger partial charge in [-0.25, -0.2) is 4.99 Å². The second-order valence-electron chi connectivity index (χ2n) is 6.03. The minimum absolute atomic E-state index is 0.0188. The van der Waals surface area contributed by atoms with Gasteiger partial charge in [0.15, 0.2) is 5.17 Å². The van der Waals surface area contributed by atoms with E-state index in [1.165, 1.54) is 0 Å². The first-order valence-electron chi connectivity index (χ1n) is 8.27. The van der Waals surface area contributed by atoms with Gasteiger partial charge in [0.25, 0.3) is 4.75 Å². The van der Waals surface area contributed by atoms with Gasteiger partial charge in [0.2, 0.25) is 5.83 Å². The largest absolute Gasteiger partial charge is 0.444 e. The van der Waals surface area contributed by atoms with Gasteiger partial charge < -0.3 is 4.90 Å². The highest BCUT2D eigenvalue weighted by Crippen LogP contribution is 2.62. The van der Waals surface area contributed by atoms with Crippen LogP contribution in [0.3, 0.4) is 0 Å². The number of unbranched alkanes of at least 4 members (excludes halogenated alkanes) is 2. The van der Waals surface area contributed by atoms with E-state index in [2.05, 4.69) is 4.99 Å². The summed E-state index contributed by atoms with van der Waals surface area (Å²) in [6, 6.07) is 0. The quantitative estimate of drug-likeness (QED) is 0.426. The van der Waals surface area contributed by atoms with Crippen molar-refractivity contribution in [1.82, 2.24) is 4.90 Å². The van der Waals surface area contributed by atoms with Crippen LogP contribution in [0.2, 0.25) is 0 Å². The summed E-state index contributed by atoms with van der Waals surface area (Å²) in [6.07, 6.45) is -16.8. The SMILES string of the molecule is CCCCN(CCCC)C1=N/C(=C(/F)C(F)(F)F)C(C(F)(F)F)(C(F)(F)F)S1. The van der Waals surface area contributed by atoms with E-state index in [0.717, 1.165) is 4.90 Å². The first-order valence-corrected chi connectivity index (χ1v) is 9.08. The Morgan fingerprint density at radius 1 is 0.893 bits per heavy atom. The van der Waals surface area contributed by atoms with E-state index in [0.29, 0.717) is 25.7 Å². The highest BCUT2D eigenvalue weighted by molar-refractivity contribution is 8.15. The molecule has 164 valence electrons. The number of hydrogen-bond acceptors (Lipinski definition) is 3. The molecule has 0 fully saturated rings. The van der Waals surface area contributed by atoms with Crippen LogP contribution in [0.5, 0.6) is 0 Å². The predicted octanol–water partition coefficient (Wildman–Crippen LogP) is 6.60. The van der Waals surface area contributed by atoms with Gasteiger partial charge in [-0.15, -0.1) is 0 Å². The fourth-order valence-electron chi connectivity index (χ4n) is 2.40. The van der Waals surface area contributed by atoms with Crippen molar-refractivity contribution < 1.29 is 43.9 Å². The second-order valence-corrected chi connectivity index (χ2v) is 7.21. The van der Waals surface area contributed by atoms with Crippen LogP contribution in [-0.4, -0.2) is 46.4 Å². The van der Waals surface area contributed by atoms with Crippen molar-refractivity contribution in [3.8, 4) is 0 Å². The Kier molecular flexibility index (Phi) is 7.74. The fourth-order valence-corrected chi connectivity index (χ4v) is 3.59. The Bertz CT molecular complexity index is 581. The number of allylic oxidation sites excluding steroid dienone is 1. The van der Waals surface area contributed by atoms with Gasteiger partial charge >= 0.3 is 18.5 Å². The number of amidine groups is 1. The topological polar surface area (TPSA) is 15.6 Å². The molecule has 0 N–H and O–H groups in total. The number of hydrogen-bond donors (Lipinski definition) is 0. The molecule has 0 aromatic heterocycles. The standard InChI is InChI=1S/C15H18F10N2S/c1-3-5-7-27(8-6-4-2)11-26-10(9(16)13(17,18)19)12(28-11,14(20,21)22)15(23,24)25/h3-8H2,1-2H3/b10-9+. The fraction of sp³-hybridized carbons (Fsp3) is 0.800. The second kappa shape index (κ2) is 8.70. The van der Waals surface area contributed by atoms with Gasteiger partial charge in [0.1, 0.15) is 5.70 Å². The molecule has 0 atom stereocenters. The van der Waals surface area contributed by atoms with Crippen LogP contribution in [-0.2, 0) is 0 Å². The van der Waals surface area contributed by atoms with Crippen molar-refractivity contribution >= 4 is 16.9 Å². The Morgan fingerprint density at radius 3 is 1.64 bits per heavy atom. The summed E-state index contributed by atoms with van der Waals surface area (Å²) in [5, 5.41) is -0.925. The highest BCUT2D eigenvalue weighted by atomic mass is 32.2. The summed E-state index contributed by atoms with van der Waals surface area (Å²) in [6.45, 7) is 3.39. The molecule has 0 radical (unpaired) electrons. The maximum Gasteiger partial charge on any atom is 0.444 e. The Morgan fingerprint density at radius 2 is 1.32 bits per heavy atom. The Labute approximate surface area is 159 Å². The van der Waals surface area contributed by atoms with Gasteiger partial charge in [-0.05, 0) is 12.8 Å². The third kappa shape index (κ3) is 4.88. The smallest absolute Gasteiger partial charge is 0.351 e. The maximum atomic E-state index is 13.7. The maximum absolute atomic E-state index is 13.7. The van der Waals surface area contributed by atoms with Gasteiger partial charge in [-0.3, -0.25) is 0 Å². The predicted molar refractivity (Wildman–Crippen MR) is 85.4 cm³/mol. The molecule has 0 spiro atoms. The number of nitrogens with zero attached hydrogens (tertiary/aromatic N) is 2. The number of thioether (sulfide) groups is 1. The van der Waals surface area contributed by atoms with Crippen LogP contribution in [0.4, 0.5) is 43.9 Å². The number of alkyl halides is 9. The number of halogens is 10. The third-order valence-electron chi connectivity index (χ3n) is 3.87. The molecule has 2 nitrogen and oxygen atoms in total. The van der Waals surface area contributed by atoms with Crippen LogP contribution in [0, 0.1) is 0 Å². The molecular weight excluding hydrogens is 430 g/mol. The van der Waals surface area contributed by atoms with Crippen molar-refractivity contribution in [2.75, 3.05) is 13.1 Å². The molecule has 13 heteroatoms. The molecule has 0 bridgehead atoms. The molecule has 0 unspecified atom stereocenters. The minimum atomic E-state index is -6.26. The Balaban J connectivity index is 3.65. The molecule has 0 amide bonds. The van der Waals surface area contributed by atoms with Crippen molar-refractivity contribution in [3.63, 3.8) is 0 Å². The van der Waals surface area contributed by atoms with Crippen molar-refractivity contribution in [1.29, 1.82) is 0 Å².